The number of methoxy groups -OCH3 is 1. The molecule has 22 heavy (non-hydrogen) atoms. The van der Waals surface area contributed by atoms with Gasteiger partial charge in [-0.25, -0.2) is 4.79 Å². The molecule has 1 aliphatic heterocycles. The average Bonchev–Trinajstić information content (AvgIpc) is 3.01. The standard InChI is InChI=1S/C16H21NO5/c1-11(15(18)17-8-4-7-14(17)16(19)20)22-10-12-5-3-6-13(9-12)21-2/h3,5-6,9,11,14H,4,7-8,10H2,1-2H3,(H,19,20)/t11-,14+/m1/s1. The molecule has 0 radical (unpaired) electrons. The molecule has 6 heteroatoms. The first kappa shape index (κ1) is 16.3. The molecule has 1 saturated heterocycles. The summed E-state index contributed by atoms with van der Waals surface area (Å²) in [6.07, 6.45) is 0.542. The maximum absolute atomic E-state index is 12.3. The number of aliphatic carboxylic acids is 1. The van der Waals surface area contributed by atoms with E-state index in [0.29, 0.717) is 19.4 Å². The number of nitrogens with zero attached hydrogens (tertiary/aromatic N) is 1. The zero-order valence-corrected chi connectivity index (χ0v) is 12.8. The van der Waals surface area contributed by atoms with Crippen molar-refractivity contribution in [3.8, 4) is 5.75 Å². The summed E-state index contributed by atoms with van der Waals surface area (Å²) in [5, 5.41) is 9.13. The topological polar surface area (TPSA) is 76.1 Å². The van der Waals surface area contributed by atoms with E-state index in [1.54, 1.807) is 14.0 Å². The summed E-state index contributed by atoms with van der Waals surface area (Å²) in [4.78, 5) is 24.9. The monoisotopic (exact) mass is 307 g/mol. The first-order valence-corrected chi connectivity index (χ1v) is 7.30. The highest BCUT2D eigenvalue weighted by Gasteiger charge is 2.36. The minimum absolute atomic E-state index is 0.271. The Balaban J connectivity index is 1.92. The number of hydrogen-bond donors (Lipinski definition) is 1. The van der Waals surface area contributed by atoms with Crippen LogP contribution >= 0.6 is 0 Å². The van der Waals surface area contributed by atoms with E-state index < -0.39 is 18.1 Å². The van der Waals surface area contributed by atoms with E-state index in [1.807, 2.05) is 24.3 Å². The van der Waals surface area contributed by atoms with Crippen molar-refractivity contribution in [1.82, 2.24) is 4.90 Å². The van der Waals surface area contributed by atoms with Gasteiger partial charge in [-0.2, -0.15) is 0 Å². The van der Waals surface area contributed by atoms with Crippen LogP contribution in [-0.2, 0) is 20.9 Å². The summed E-state index contributed by atoms with van der Waals surface area (Å²) >= 11 is 0. The lowest BCUT2D eigenvalue weighted by Gasteiger charge is -2.25. The third kappa shape index (κ3) is 3.76. The Hall–Kier alpha value is -2.08. The number of hydrogen-bond acceptors (Lipinski definition) is 4. The number of carboxylic acids is 1. The highest BCUT2D eigenvalue weighted by Crippen LogP contribution is 2.20. The van der Waals surface area contributed by atoms with Crippen molar-refractivity contribution in [2.24, 2.45) is 0 Å². The lowest BCUT2D eigenvalue weighted by Crippen LogP contribution is -2.45. The van der Waals surface area contributed by atoms with Crippen LogP contribution in [0.3, 0.4) is 0 Å². The van der Waals surface area contributed by atoms with Gasteiger partial charge in [0.25, 0.3) is 5.91 Å². The van der Waals surface area contributed by atoms with E-state index in [2.05, 4.69) is 0 Å². The van der Waals surface area contributed by atoms with Crippen molar-refractivity contribution >= 4 is 11.9 Å². The molecule has 0 bridgehead atoms. The molecule has 6 nitrogen and oxygen atoms in total. The Morgan fingerprint density at radius 2 is 2.23 bits per heavy atom. The molecule has 2 rings (SSSR count). The number of likely N-dealkylation sites (tertiary alicyclic amines) is 1. The summed E-state index contributed by atoms with van der Waals surface area (Å²) < 4.78 is 10.7. The second kappa shape index (κ2) is 7.26. The highest BCUT2D eigenvalue weighted by molar-refractivity contribution is 5.86. The first-order chi connectivity index (χ1) is 10.5. The summed E-state index contributed by atoms with van der Waals surface area (Å²) in [6.45, 7) is 2.40. The summed E-state index contributed by atoms with van der Waals surface area (Å²) in [5.74, 6) is -0.496. The SMILES string of the molecule is COc1cccc(CO[C@H](C)C(=O)N2CCC[C@H]2C(=O)O)c1. The van der Waals surface area contributed by atoms with Crippen molar-refractivity contribution in [2.75, 3.05) is 13.7 Å². The van der Waals surface area contributed by atoms with E-state index in [0.717, 1.165) is 11.3 Å². The molecule has 1 aromatic rings. The molecule has 1 amide bonds. The zero-order valence-electron chi connectivity index (χ0n) is 12.8. The smallest absolute Gasteiger partial charge is 0.326 e. The molecule has 120 valence electrons. The lowest BCUT2D eigenvalue weighted by molar-refractivity contribution is -0.153. The third-order valence-corrected chi connectivity index (χ3v) is 3.80. The van der Waals surface area contributed by atoms with Crippen LogP contribution in [-0.4, -0.2) is 47.7 Å². The molecule has 0 unspecified atom stereocenters. The van der Waals surface area contributed by atoms with Crippen molar-refractivity contribution in [1.29, 1.82) is 0 Å². The first-order valence-electron chi connectivity index (χ1n) is 7.30. The van der Waals surface area contributed by atoms with E-state index in [4.69, 9.17) is 14.6 Å². The van der Waals surface area contributed by atoms with Crippen LogP contribution in [0, 0.1) is 0 Å². The van der Waals surface area contributed by atoms with Gasteiger partial charge in [-0.15, -0.1) is 0 Å². The van der Waals surface area contributed by atoms with E-state index >= 15 is 0 Å². The lowest BCUT2D eigenvalue weighted by atomic mass is 10.2. The third-order valence-electron chi connectivity index (χ3n) is 3.80. The van der Waals surface area contributed by atoms with Gasteiger partial charge in [-0.3, -0.25) is 4.79 Å². The van der Waals surface area contributed by atoms with Crippen LogP contribution < -0.4 is 4.74 Å². The molecule has 0 saturated carbocycles. The minimum atomic E-state index is -0.953. The van der Waals surface area contributed by atoms with E-state index in [-0.39, 0.29) is 12.5 Å². The van der Waals surface area contributed by atoms with Gasteiger partial charge in [0.15, 0.2) is 0 Å². The molecule has 1 aromatic carbocycles. The van der Waals surface area contributed by atoms with Crippen LogP contribution in [0.4, 0.5) is 0 Å². The molecule has 0 aromatic heterocycles. The van der Waals surface area contributed by atoms with Crippen LogP contribution in [0.15, 0.2) is 24.3 Å². The van der Waals surface area contributed by atoms with Crippen molar-refractivity contribution in [3.63, 3.8) is 0 Å². The number of carbonyl (C=O) groups is 2. The van der Waals surface area contributed by atoms with Gasteiger partial charge in [0, 0.05) is 6.54 Å². The highest BCUT2D eigenvalue weighted by atomic mass is 16.5. The molecule has 0 spiro atoms. The fraction of sp³-hybridized carbons (Fsp3) is 0.500. The van der Waals surface area contributed by atoms with Gasteiger partial charge < -0.3 is 19.5 Å². The van der Waals surface area contributed by atoms with Gasteiger partial charge in [0.05, 0.1) is 13.7 Å². The quantitative estimate of drug-likeness (QED) is 0.865. The molecule has 1 fully saturated rings. The van der Waals surface area contributed by atoms with Gasteiger partial charge in [0.2, 0.25) is 0 Å². The Labute approximate surface area is 129 Å². The van der Waals surface area contributed by atoms with Gasteiger partial charge >= 0.3 is 5.97 Å². The van der Waals surface area contributed by atoms with Crippen LogP contribution in [0.5, 0.6) is 5.75 Å². The molecular formula is C16H21NO5. The fourth-order valence-electron chi connectivity index (χ4n) is 2.58. The van der Waals surface area contributed by atoms with Gasteiger partial charge in [0.1, 0.15) is 17.9 Å². The average molecular weight is 307 g/mol. The molecule has 1 aliphatic rings. The number of rotatable bonds is 6. The summed E-state index contributed by atoms with van der Waals surface area (Å²) in [6, 6.07) is 6.68. The maximum Gasteiger partial charge on any atom is 0.326 e. The number of ether oxygens (including phenoxy) is 2. The second-order valence-electron chi connectivity index (χ2n) is 5.33. The number of benzene rings is 1. The van der Waals surface area contributed by atoms with Crippen molar-refractivity contribution in [2.45, 2.75) is 38.5 Å². The zero-order chi connectivity index (χ0) is 16.1. The molecule has 2 atom stereocenters. The Morgan fingerprint density at radius 3 is 2.91 bits per heavy atom. The number of carbonyl (C=O) groups excluding carboxylic acids is 1. The Bertz CT molecular complexity index is 545. The fourth-order valence-corrected chi connectivity index (χ4v) is 2.58. The molecular weight excluding hydrogens is 286 g/mol. The van der Waals surface area contributed by atoms with E-state index in [9.17, 15) is 9.59 Å². The summed E-state index contributed by atoms with van der Waals surface area (Å²) in [7, 11) is 1.59. The van der Waals surface area contributed by atoms with Gasteiger partial charge in [-0.1, -0.05) is 12.1 Å². The largest absolute Gasteiger partial charge is 0.497 e. The van der Waals surface area contributed by atoms with Crippen molar-refractivity contribution < 1.29 is 24.2 Å². The molecule has 1 heterocycles. The Morgan fingerprint density at radius 1 is 1.45 bits per heavy atom. The number of amides is 1. The Kier molecular flexibility index (Phi) is 5.38. The predicted molar refractivity (Wildman–Crippen MR) is 79.6 cm³/mol. The van der Waals surface area contributed by atoms with E-state index in [1.165, 1.54) is 4.90 Å². The van der Waals surface area contributed by atoms with Crippen molar-refractivity contribution in [3.05, 3.63) is 29.8 Å². The van der Waals surface area contributed by atoms with Crippen LogP contribution in [0.25, 0.3) is 0 Å². The van der Waals surface area contributed by atoms with Crippen LogP contribution in [0.2, 0.25) is 0 Å². The normalized spacial score (nSPS) is 19.0. The predicted octanol–water partition coefficient (Wildman–Crippen LogP) is 1.68. The maximum atomic E-state index is 12.3. The number of carboxylic acid groups (broad SMARTS) is 1. The van der Waals surface area contributed by atoms with Crippen LogP contribution in [0.1, 0.15) is 25.3 Å². The van der Waals surface area contributed by atoms with Gasteiger partial charge in [-0.05, 0) is 37.5 Å². The second-order valence-corrected chi connectivity index (χ2v) is 5.33. The molecule has 0 aliphatic carbocycles. The summed E-state index contributed by atoms with van der Waals surface area (Å²) in [5.41, 5.74) is 0.898. The molecule has 1 N–H and O–H groups in total. The minimum Gasteiger partial charge on any atom is -0.497 e.